The molecule has 0 amide bonds. The standard InChI is InChI=1S/C14H26ClN3O2/c1-5-11-13(15)12(18(6-2)17-11)9-14(3,19)10-16-7-8-20-4/h16,19H,5-10H2,1-4H3. The summed E-state index contributed by atoms with van der Waals surface area (Å²) in [6, 6.07) is 0. The predicted molar refractivity (Wildman–Crippen MR) is 81.4 cm³/mol. The van der Waals surface area contributed by atoms with Gasteiger partial charge in [-0.2, -0.15) is 5.10 Å². The Balaban J connectivity index is 2.72. The van der Waals surface area contributed by atoms with E-state index < -0.39 is 5.60 Å². The summed E-state index contributed by atoms with van der Waals surface area (Å²) in [6.45, 7) is 8.45. The molecule has 20 heavy (non-hydrogen) atoms. The molecule has 1 aromatic rings. The molecular weight excluding hydrogens is 278 g/mol. The second-order valence-corrected chi connectivity index (χ2v) is 5.60. The maximum atomic E-state index is 10.5. The van der Waals surface area contributed by atoms with Crippen molar-refractivity contribution in [3.8, 4) is 0 Å². The van der Waals surface area contributed by atoms with E-state index in [1.807, 2.05) is 25.5 Å². The van der Waals surface area contributed by atoms with Gasteiger partial charge in [-0.3, -0.25) is 4.68 Å². The lowest BCUT2D eigenvalue weighted by atomic mass is 9.99. The van der Waals surface area contributed by atoms with Gasteiger partial charge in [-0.1, -0.05) is 18.5 Å². The van der Waals surface area contributed by atoms with Crippen molar-refractivity contribution in [3.05, 3.63) is 16.4 Å². The number of rotatable bonds is 9. The number of ether oxygens (including phenoxy) is 1. The van der Waals surface area contributed by atoms with Crippen LogP contribution in [0.25, 0.3) is 0 Å². The minimum Gasteiger partial charge on any atom is -0.388 e. The highest BCUT2D eigenvalue weighted by molar-refractivity contribution is 6.31. The Labute approximate surface area is 126 Å². The summed E-state index contributed by atoms with van der Waals surface area (Å²) in [5.74, 6) is 0. The van der Waals surface area contributed by atoms with Crippen LogP contribution in [-0.4, -0.2) is 47.3 Å². The Hall–Kier alpha value is -0.620. The third kappa shape index (κ3) is 4.74. The van der Waals surface area contributed by atoms with E-state index in [9.17, 15) is 5.11 Å². The van der Waals surface area contributed by atoms with Gasteiger partial charge in [0, 0.05) is 33.2 Å². The van der Waals surface area contributed by atoms with Gasteiger partial charge in [-0.05, 0) is 20.3 Å². The molecule has 0 saturated carbocycles. The van der Waals surface area contributed by atoms with Gasteiger partial charge in [-0.15, -0.1) is 0 Å². The summed E-state index contributed by atoms with van der Waals surface area (Å²) < 4.78 is 6.85. The zero-order chi connectivity index (χ0) is 15.2. The fourth-order valence-electron chi connectivity index (χ4n) is 2.14. The third-order valence-corrected chi connectivity index (χ3v) is 3.67. The molecule has 5 nitrogen and oxygen atoms in total. The molecule has 0 aliphatic rings. The van der Waals surface area contributed by atoms with E-state index in [2.05, 4.69) is 10.4 Å². The van der Waals surface area contributed by atoms with Gasteiger partial charge in [0.1, 0.15) is 0 Å². The fourth-order valence-corrected chi connectivity index (χ4v) is 2.48. The Morgan fingerprint density at radius 3 is 2.70 bits per heavy atom. The Kier molecular flexibility index (Phi) is 6.95. The van der Waals surface area contributed by atoms with Gasteiger partial charge in [0.15, 0.2) is 0 Å². The molecular formula is C14H26ClN3O2. The maximum absolute atomic E-state index is 10.5. The molecule has 2 N–H and O–H groups in total. The smallest absolute Gasteiger partial charge is 0.0850 e. The quantitative estimate of drug-likeness (QED) is 0.681. The molecule has 0 radical (unpaired) electrons. The zero-order valence-corrected chi connectivity index (χ0v) is 13.6. The first-order valence-corrected chi connectivity index (χ1v) is 7.49. The van der Waals surface area contributed by atoms with Crippen LogP contribution < -0.4 is 5.32 Å². The zero-order valence-electron chi connectivity index (χ0n) is 12.9. The minimum atomic E-state index is -0.866. The van der Waals surface area contributed by atoms with Crippen LogP contribution >= 0.6 is 11.6 Å². The van der Waals surface area contributed by atoms with Crippen LogP contribution in [-0.2, 0) is 24.1 Å². The summed E-state index contributed by atoms with van der Waals surface area (Å²) in [7, 11) is 1.66. The number of hydrogen-bond acceptors (Lipinski definition) is 4. The monoisotopic (exact) mass is 303 g/mol. The number of nitrogens with zero attached hydrogens (tertiary/aromatic N) is 2. The highest BCUT2D eigenvalue weighted by Crippen LogP contribution is 2.25. The van der Waals surface area contributed by atoms with E-state index >= 15 is 0 Å². The van der Waals surface area contributed by atoms with Crippen LogP contribution in [0.5, 0.6) is 0 Å². The molecule has 0 saturated heterocycles. The molecule has 0 fully saturated rings. The van der Waals surface area contributed by atoms with Crippen molar-refractivity contribution in [2.24, 2.45) is 0 Å². The van der Waals surface area contributed by atoms with Crippen molar-refractivity contribution in [1.29, 1.82) is 0 Å². The molecule has 0 aliphatic heterocycles. The van der Waals surface area contributed by atoms with Gasteiger partial charge in [0.2, 0.25) is 0 Å². The van der Waals surface area contributed by atoms with Gasteiger partial charge in [-0.25, -0.2) is 0 Å². The Morgan fingerprint density at radius 1 is 1.45 bits per heavy atom. The molecule has 0 aliphatic carbocycles. The van der Waals surface area contributed by atoms with Gasteiger partial charge in [0.25, 0.3) is 0 Å². The topological polar surface area (TPSA) is 59.3 Å². The van der Waals surface area contributed by atoms with Crippen LogP contribution in [0.3, 0.4) is 0 Å². The first kappa shape index (κ1) is 17.4. The lowest BCUT2D eigenvalue weighted by Gasteiger charge is -2.24. The molecule has 0 spiro atoms. The molecule has 0 bridgehead atoms. The largest absolute Gasteiger partial charge is 0.388 e. The van der Waals surface area contributed by atoms with E-state index in [-0.39, 0.29) is 0 Å². The normalized spacial score (nSPS) is 14.5. The van der Waals surface area contributed by atoms with Gasteiger partial charge >= 0.3 is 0 Å². The Morgan fingerprint density at radius 2 is 2.15 bits per heavy atom. The van der Waals surface area contributed by atoms with Crippen molar-refractivity contribution >= 4 is 11.6 Å². The third-order valence-electron chi connectivity index (χ3n) is 3.23. The van der Waals surface area contributed by atoms with E-state index in [1.54, 1.807) is 7.11 Å². The van der Waals surface area contributed by atoms with E-state index in [1.165, 1.54) is 0 Å². The highest BCUT2D eigenvalue weighted by atomic mass is 35.5. The van der Waals surface area contributed by atoms with Crippen LogP contribution in [0.15, 0.2) is 0 Å². The molecule has 1 rings (SSSR count). The molecule has 1 aromatic heterocycles. The first-order chi connectivity index (χ1) is 9.45. The van der Waals surface area contributed by atoms with E-state index in [0.29, 0.717) is 31.1 Å². The van der Waals surface area contributed by atoms with Gasteiger partial charge in [0.05, 0.1) is 28.6 Å². The number of halogens is 1. The summed E-state index contributed by atoms with van der Waals surface area (Å²) in [4.78, 5) is 0. The summed E-state index contributed by atoms with van der Waals surface area (Å²) >= 11 is 6.36. The molecule has 116 valence electrons. The average molecular weight is 304 g/mol. The average Bonchev–Trinajstić information content (AvgIpc) is 2.71. The molecule has 1 heterocycles. The molecule has 6 heteroatoms. The van der Waals surface area contributed by atoms with Crippen LogP contribution in [0.4, 0.5) is 0 Å². The highest BCUT2D eigenvalue weighted by Gasteiger charge is 2.25. The summed E-state index contributed by atoms with van der Waals surface area (Å²) in [6.07, 6.45) is 1.28. The number of aryl methyl sites for hydroxylation is 2. The summed E-state index contributed by atoms with van der Waals surface area (Å²) in [5, 5.41) is 18.8. The number of aliphatic hydroxyl groups is 1. The van der Waals surface area contributed by atoms with E-state index in [0.717, 1.165) is 24.4 Å². The van der Waals surface area contributed by atoms with E-state index in [4.69, 9.17) is 16.3 Å². The number of nitrogens with one attached hydrogen (secondary N) is 1. The van der Waals surface area contributed by atoms with Gasteiger partial charge < -0.3 is 15.2 Å². The number of aromatic nitrogens is 2. The predicted octanol–water partition coefficient (Wildman–Crippen LogP) is 1.65. The first-order valence-electron chi connectivity index (χ1n) is 7.11. The summed E-state index contributed by atoms with van der Waals surface area (Å²) in [5.41, 5.74) is 0.936. The van der Waals surface area contributed by atoms with Crippen LogP contribution in [0.1, 0.15) is 32.2 Å². The fraction of sp³-hybridized carbons (Fsp3) is 0.786. The minimum absolute atomic E-state index is 0.479. The molecule has 1 atom stereocenters. The Bertz CT molecular complexity index is 419. The number of methoxy groups -OCH3 is 1. The van der Waals surface area contributed by atoms with Crippen LogP contribution in [0.2, 0.25) is 5.02 Å². The molecule has 1 unspecified atom stereocenters. The van der Waals surface area contributed by atoms with Crippen molar-refractivity contribution in [2.45, 2.75) is 45.8 Å². The van der Waals surface area contributed by atoms with Crippen molar-refractivity contribution in [1.82, 2.24) is 15.1 Å². The van der Waals surface area contributed by atoms with Crippen molar-refractivity contribution in [2.75, 3.05) is 26.8 Å². The SMILES string of the molecule is CCc1nn(CC)c(CC(C)(O)CNCCOC)c1Cl. The lowest BCUT2D eigenvalue weighted by molar-refractivity contribution is 0.0561. The second-order valence-electron chi connectivity index (χ2n) is 5.22. The molecule has 0 aromatic carbocycles. The van der Waals surface area contributed by atoms with Crippen molar-refractivity contribution < 1.29 is 9.84 Å². The lowest BCUT2D eigenvalue weighted by Crippen LogP contribution is -2.41. The second kappa shape index (κ2) is 7.98. The maximum Gasteiger partial charge on any atom is 0.0850 e. The number of hydrogen-bond donors (Lipinski definition) is 2. The van der Waals surface area contributed by atoms with Crippen LogP contribution in [0, 0.1) is 0 Å². The van der Waals surface area contributed by atoms with Crippen molar-refractivity contribution in [3.63, 3.8) is 0 Å².